The maximum atomic E-state index is 11.2. The molecule has 16 heavy (non-hydrogen) atoms. The number of Topliss-reactive ketones (excluding diaryl/α,β-unsaturated/α-hetero) is 1. The van der Waals surface area contributed by atoms with Gasteiger partial charge >= 0.3 is 0 Å². The molecule has 0 saturated heterocycles. The van der Waals surface area contributed by atoms with Crippen molar-refractivity contribution in [2.24, 2.45) is 4.99 Å². The molecule has 1 aromatic rings. The minimum Gasteiger partial charge on any atom is -0.319 e. The zero-order chi connectivity index (χ0) is 11.5. The highest BCUT2D eigenvalue weighted by Gasteiger charge is 2.17. The van der Waals surface area contributed by atoms with Crippen LogP contribution in [0.5, 0.6) is 0 Å². The van der Waals surface area contributed by atoms with Crippen molar-refractivity contribution in [2.75, 3.05) is 24.2 Å². The van der Waals surface area contributed by atoms with E-state index in [1.807, 2.05) is 30.5 Å². The van der Waals surface area contributed by atoms with Crippen molar-refractivity contribution in [2.45, 2.75) is 6.92 Å². The molecule has 0 spiro atoms. The van der Waals surface area contributed by atoms with E-state index in [1.54, 1.807) is 18.7 Å². The Morgan fingerprint density at radius 3 is 2.62 bits per heavy atom. The number of ketones is 1. The number of amidine groups is 1. The number of carbonyl (C=O) groups excluding carboxylic acids is 1. The Balaban J connectivity index is 2.22. The fourth-order valence-electron chi connectivity index (χ4n) is 1.72. The van der Waals surface area contributed by atoms with Gasteiger partial charge in [-0.2, -0.15) is 0 Å². The summed E-state index contributed by atoms with van der Waals surface area (Å²) in [6.07, 6.45) is 2.03. The molecule has 0 amide bonds. The average molecular weight is 234 g/mol. The van der Waals surface area contributed by atoms with E-state index >= 15 is 0 Å². The van der Waals surface area contributed by atoms with Crippen LogP contribution in [0.1, 0.15) is 17.3 Å². The number of aliphatic imine (C=N–C) groups is 1. The minimum atomic E-state index is 0.103. The Morgan fingerprint density at radius 1 is 1.38 bits per heavy atom. The molecular formula is C12H14N2OS. The summed E-state index contributed by atoms with van der Waals surface area (Å²) < 4.78 is 0. The third-order valence-electron chi connectivity index (χ3n) is 2.57. The predicted molar refractivity (Wildman–Crippen MR) is 69.6 cm³/mol. The summed E-state index contributed by atoms with van der Waals surface area (Å²) in [5.41, 5.74) is 1.86. The van der Waals surface area contributed by atoms with Crippen LogP contribution >= 0.6 is 11.8 Å². The second-order valence-corrected chi connectivity index (χ2v) is 4.40. The van der Waals surface area contributed by atoms with Gasteiger partial charge in [0.2, 0.25) is 0 Å². The van der Waals surface area contributed by atoms with Gasteiger partial charge in [-0.25, -0.2) is 0 Å². The van der Waals surface area contributed by atoms with Crippen LogP contribution in [0.3, 0.4) is 0 Å². The summed E-state index contributed by atoms with van der Waals surface area (Å²) in [4.78, 5) is 17.7. The Hall–Kier alpha value is -1.29. The molecule has 0 radical (unpaired) electrons. The van der Waals surface area contributed by atoms with Crippen LogP contribution in [0.2, 0.25) is 0 Å². The molecule has 0 saturated carbocycles. The van der Waals surface area contributed by atoms with E-state index in [2.05, 4.69) is 9.89 Å². The highest BCUT2D eigenvalue weighted by Crippen LogP contribution is 2.22. The number of hydrogen-bond acceptors (Lipinski definition) is 4. The van der Waals surface area contributed by atoms with E-state index in [1.165, 1.54) is 0 Å². The minimum absolute atomic E-state index is 0.103. The lowest BCUT2D eigenvalue weighted by molar-refractivity contribution is 0.101. The molecule has 0 atom stereocenters. The van der Waals surface area contributed by atoms with Gasteiger partial charge in [0.25, 0.3) is 0 Å². The summed E-state index contributed by atoms with van der Waals surface area (Å²) in [5, 5.41) is 1.05. The quantitative estimate of drug-likeness (QED) is 0.737. The molecule has 0 fully saturated rings. The Bertz CT molecular complexity index is 425. The molecule has 0 aliphatic carbocycles. The van der Waals surface area contributed by atoms with E-state index in [9.17, 15) is 4.79 Å². The van der Waals surface area contributed by atoms with Crippen molar-refractivity contribution in [1.82, 2.24) is 0 Å². The molecule has 1 aliphatic rings. The van der Waals surface area contributed by atoms with Crippen molar-refractivity contribution in [3.8, 4) is 0 Å². The molecule has 4 heteroatoms. The topological polar surface area (TPSA) is 32.7 Å². The van der Waals surface area contributed by atoms with Crippen LogP contribution in [0.25, 0.3) is 0 Å². The molecule has 2 rings (SSSR count). The fraction of sp³-hybridized carbons (Fsp3) is 0.333. The van der Waals surface area contributed by atoms with Gasteiger partial charge in [-0.05, 0) is 37.4 Å². The third-order valence-corrected chi connectivity index (χ3v) is 3.28. The van der Waals surface area contributed by atoms with Gasteiger partial charge in [-0.3, -0.25) is 9.79 Å². The van der Waals surface area contributed by atoms with Gasteiger partial charge < -0.3 is 4.90 Å². The van der Waals surface area contributed by atoms with Crippen LogP contribution in [-0.2, 0) is 0 Å². The van der Waals surface area contributed by atoms with Crippen LogP contribution in [0.15, 0.2) is 29.3 Å². The number of anilines is 1. The number of hydrogen-bond donors (Lipinski definition) is 0. The molecule has 84 valence electrons. The number of carbonyl (C=O) groups is 1. The van der Waals surface area contributed by atoms with Crippen molar-refractivity contribution in [3.05, 3.63) is 29.8 Å². The lowest BCUT2D eigenvalue weighted by Gasteiger charge is -2.18. The monoisotopic (exact) mass is 234 g/mol. The molecule has 1 aliphatic heterocycles. The fourth-order valence-corrected chi connectivity index (χ4v) is 2.35. The average Bonchev–Trinajstić information content (AvgIpc) is 2.77. The first kappa shape index (κ1) is 11.2. The van der Waals surface area contributed by atoms with Gasteiger partial charge in [0, 0.05) is 17.8 Å². The summed E-state index contributed by atoms with van der Waals surface area (Å²) in [7, 11) is 0. The van der Waals surface area contributed by atoms with Crippen molar-refractivity contribution in [3.63, 3.8) is 0 Å². The van der Waals surface area contributed by atoms with Crippen LogP contribution in [-0.4, -0.2) is 30.3 Å². The standard InChI is InChI=1S/C12H14N2OS/c1-9(15)10-3-5-11(6-4-10)14-8-7-13-12(14)16-2/h3-6H,7-8H2,1-2H3. The van der Waals surface area contributed by atoms with Gasteiger partial charge in [-0.1, -0.05) is 11.8 Å². The number of benzene rings is 1. The van der Waals surface area contributed by atoms with Crippen molar-refractivity contribution >= 4 is 28.4 Å². The van der Waals surface area contributed by atoms with Gasteiger partial charge in [0.05, 0.1) is 6.54 Å². The molecule has 3 nitrogen and oxygen atoms in total. The molecule has 1 heterocycles. The molecule has 0 aromatic heterocycles. The summed E-state index contributed by atoms with van der Waals surface area (Å²) in [6, 6.07) is 7.70. The smallest absolute Gasteiger partial charge is 0.163 e. The van der Waals surface area contributed by atoms with Gasteiger partial charge in [0.1, 0.15) is 0 Å². The third kappa shape index (κ3) is 2.11. The molecule has 0 unspecified atom stereocenters. The second kappa shape index (κ2) is 4.70. The SMILES string of the molecule is CSC1=NCCN1c1ccc(C(C)=O)cc1. The highest BCUT2D eigenvalue weighted by molar-refractivity contribution is 8.13. The van der Waals surface area contributed by atoms with E-state index in [4.69, 9.17) is 0 Å². The number of thioether (sulfide) groups is 1. The van der Waals surface area contributed by atoms with Crippen LogP contribution in [0.4, 0.5) is 5.69 Å². The highest BCUT2D eigenvalue weighted by atomic mass is 32.2. The summed E-state index contributed by atoms with van der Waals surface area (Å²) in [6.45, 7) is 3.36. The van der Waals surface area contributed by atoms with E-state index in [0.29, 0.717) is 0 Å². The predicted octanol–water partition coefficient (Wildman–Crippen LogP) is 2.43. The molecule has 1 aromatic carbocycles. The van der Waals surface area contributed by atoms with Crippen LogP contribution < -0.4 is 4.90 Å². The van der Waals surface area contributed by atoms with Crippen LogP contribution in [0, 0.1) is 0 Å². The van der Waals surface area contributed by atoms with Gasteiger partial charge in [0.15, 0.2) is 11.0 Å². The first-order valence-corrected chi connectivity index (χ1v) is 6.42. The normalized spacial score (nSPS) is 15.1. The number of nitrogens with zero attached hydrogens (tertiary/aromatic N) is 2. The maximum absolute atomic E-state index is 11.2. The van der Waals surface area contributed by atoms with E-state index < -0.39 is 0 Å². The Kier molecular flexibility index (Phi) is 3.29. The first-order valence-electron chi connectivity index (χ1n) is 5.19. The maximum Gasteiger partial charge on any atom is 0.163 e. The largest absolute Gasteiger partial charge is 0.319 e. The summed E-state index contributed by atoms with van der Waals surface area (Å²) >= 11 is 1.65. The molecule has 0 bridgehead atoms. The lowest BCUT2D eigenvalue weighted by Crippen LogP contribution is -2.24. The Labute approximate surface area is 99.6 Å². The lowest BCUT2D eigenvalue weighted by atomic mass is 10.1. The van der Waals surface area contributed by atoms with E-state index in [-0.39, 0.29) is 5.78 Å². The van der Waals surface area contributed by atoms with Crippen molar-refractivity contribution < 1.29 is 4.79 Å². The van der Waals surface area contributed by atoms with Crippen molar-refractivity contribution in [1.29, 1.82) is 0 Å². The van der Waals surface area contributed by atoms with Gasteiger partial charge in [-0.15, -0.1) is 0 Å². The molecular weight excluding hydrogens is 220 g/mol. The summed E-state index contributed by atoms with van der Waals surface area (Å²) in [5.74, 6) is 0.103. The Morgan fingerprint density at radius 2 is 2.06 bits per heavy atom. The zero-order valence-corrected chi connectivity index (χ0v) is 10.3. The zero-order valence-electron chi connectivity index (χ0n) is 9.43. The second-order valence-electron chi connectivity index (χ2n) is 3.62. The first-order chi connectivity index (χ1) is 7.72. The molecule has 0 N–H and O–H groups in total. The number of rotatable bonds is 2. The van der Waals surface area contributed by atoms with E-state index in [0.717, 1.165) is 29.5 Å².